The molecular weight excluding hydrogens is 314 g/mol. The molecule has 2 aromatic rings. The van der Waals surface area contributed by atoms with E-state index >= 15 is 0 Å². The zero-order valence-electron chi connectivity index (χ0n) is 9.31. The Morgan fingerprint density at radius 3 is 3.17 bits per heavy atom. The lowest BCUT2D eigenvalue weighted by molar-refractivity contribution is -0.113. The molecule has 1 amide bonds. The first-order valence-corrected chi connectivity index (χ1v) is 7.28. The Balaban J connectivity index is 2.05. The van der Waals surface area contributed by atoms with E-state index in [9.17, 15) is 4.79 Å². The molecule has 1 aromatic heterocycles. The fraction of sp³-hybridized carbons (Fsp3) is 0.167. The van der Waals surface area contributed by atoms with E-state index in [1.165, 1.54) is 0 Å². The van der Waals surface area contributed by atoms with Crippen molar-refractivity contribution in [3.05, 3.63) is 46.1 Å². The highest BCUT2D eigenvalue weighted by atomic mass is 79.9. The van der Waals surface area contributed by atoms with Crippen molar-refractivity contribution in [3.63, 3.8) is 0 Å². The summed E-state index contributed by atoms with van der Waals surface area (Å²) in [5, 5.41) is 9.80. The summed E-state index contributed by atoms with van der Waals surface area (Å²) in [6.45, 7) is 0. The third-order valence-electron chi connectivity index (χ3n) is 2.75. The summed E-state index contributed by atoms with van der Waals surface area (Å²) in [6.07, 6.45) is 1.78. The average Bonchev–Trinajstić information content (AvgIpc) is 2.72. The number of benzene rings is 1. The number of aromatic nitrogens is 2. The third-order valence-corrected chi connectivity index (χ3v) is 4.53. The lowest BCUT2D eigenvalue weighted by atomic mass is 10.1. The maximum absolute atomic E-state index is 11.6. The number of H-pyrrole nitrogens is 1. The number of nitrogens with zero attached hydrogens (tertiary/aromatic N) is 1. The van der Waals surface area contributed by atoms with Crippen molar-refractivity contribution in [1.29, 1.82) is 0 Å². The quantitative estimate of drug-likeness (QED) is 0.848. The van der Waals surface area contributed by atoms with Gasteiger partial charge in [-0.3, -0.25) is 9.89 Å². The van der Waals surface area contributed by atoms with Gasteiger partial charge in [0.05, 0.1) is 17.2 Å². The molecule has 0 saturated carbocycles. The fourth-order valence-corrected chi connectivity index (χ4v) is 3.47. The highest BCUT2D eigenvalue weighted by Gasteiger charge is 2.25. The van der Waals surface area contributed by atoms with Crippen molar-refractivity contribution in [2.45, 2.75) is 5.25 Å². The van der Waals surface area contributed by atoms with Crippen LogP contribution in [0.15, 0.2) is 34.9 Å². The Labute approximate surface area is 117 Å². The smallest absolute Gasteiger partial charge is 0.235 e. The number of aromatic amines is 1. The standard InChI is InChI=1S/C12H10BrN3OS/c13-8-3-1-2-7(4-8)11-9-5-14-16-12(9)15-10(17)6-18-11/h1-5,11H,6H2,(H2,14,15,16,17). The van der Waals surface area contributed by atoms with E-state index in [-0.39, 0.29) is 11.2 Å². The van der Waals surface area contributed by atoms with Gasteiger partial charge in [0.25, 0.3) is 0 Å². The van der Waals surface area contributed by atoms with Crippen LogP contribution in [0.25, 0.3) is 0 Å². The second-order valence-corrected chi connectivity index (χ2v) is 6.00. The van der Waals surface area contributed by atoms with Crippen LogP contribution in [0.3, 0.4) is 0 Å². The van der Waals surface area contributed by atoms with Crippen molar-refractivity contribution < 1.29 is 4.79 Å². The van der Waals surface area contributed by atoms with E-state index in [2.05, 4.69) is 43.6 Å². The lowest BCUT2D eigenvalue weighted by Gasteiger charge is -2.13. The molecule has 6 heteroatoms. The summed E-state index contributed by atoms with van der Waals surface area (Å²) >= 11 is 5.08. The second-order valence-electron chi connectivity index (χ2n) is 3.99. The Morgan fingerprint density at radius 2 is 2.33 bits per heavy atom. The van der Waals surface area contributed by atoms with Gasteiger partial charge in [-0.2, -0.15) is 5.10 Å². The lowest BCUT2D eigenvalue weighted by Crippen LogP contribution is -2.12. The summed E-state index contributed by atoms with van der Waals surface area (Å²) in [4.78, 5) is 11.6. The number of rotatable bonds is 1. The molecular formula is C12H10BrN3OS. The van der Waals surface area contributed by atoms with Crippen molar-refractivity contribution in [3.8, 4) is 0 Å². The van der Waals surface area contributed by atoms with Gasteiger partial charge >= 0.3 is 0 Å². The largest absolute Gasteiger partial charge is 0.310 e. The SMILES string of the molecule is O=C1CSC(c2cccc(Br)c2)c2cn[nH]c2N1. The van der Waals surface area contributed by atoms with Gasteiger partial charge in [-0.05, 0) is 17.7 Å². The molecule has 4 nitrogen and oxygen atoms in total. The van der Waals surface area contributed by atoms with Crippen LogP contribution in [-0.4, -0.2) is 21.9 Å². The topological polar surface area (TPSA) is 57.8 Å². The predicted molar refractivity (Wildman–Crippen MR) is 75.7 cm³/mol. The molecule has 0 radical (unpaired) electrons. The highest BCUT2D eigenvalue weighted by molar-refractivity contribution is 9.10. The molecule has 2 heterocycles. The van der Waals surface area contributed by atoms with E-state index in [1.807, 2.05) is 12.1 Å². The minimum Gasteiger partial charge on any atom is -0.310 e. The van der Waals surface area contributed by atoms with Crippen molar-refractivity contribution >= 4 is 39.4 Å². The van der Waals surface area contributed by atoms with Gasteiger partial charge in [0.2, 0.25) is 5.91 Å². The van der Waals surface area contributed by atoms with Gasteiger partial charge < -0.3 is 5.32 Å². The molecule has 0 saturated heterocycles. The predicted octanol–water partition coefficient (Wildman–Crippen LogP) is 2.95. The second kappa shape index (κ2) is 4.78. The number of thioether (sulfide) groups is 1. The molecule has 3 rings (SSSR count). The van der Waals surface area contributed by atoms with Gasteiger partial charge in [-0.15, -0.1) is 11.8 Å². The Hall–Kier alpha value is -1.27. The van der Waals surface area contributed by atoms with Crippen LogP contribution in [-0.2, 0) is 4.79 Å². The number of nitrogens with one attached hydrogen (secondary N) is 2. The van der Waals surface area contributed by atoms with E-state index in [0.717, 1.165) is 15.6 Å². The Morgan fingerprint density at radius 1 is 1.44 bits per heavy atom. The minimum absolute atomic E-state index is 0.00277. The number of fused-ring (bicyclic) bond motifs is 1. The van der Waals surface area contributed by atoms with Crippen molar-refractivity contribution in [2.24, 2.45) is 0 Å². The molecule has 0 aliphatic carbocycles. The van der Waals surface area contributed by atoms with Crippen molar-refractivity contribution in [2.75, 3.05) is 11.1 Å². The molecule has 1 aromatic carbocycles. The molecule has 1 unspecified atom stereocenters. The number of halogens is 1. The first-order valence-electron chi connectivity index (χ1n) is 5.44. The summed E-state index contributed by atoms with van der Waals surface area (Å²) in [6, 6.07) is 8.13. The first-order chi connectivity index (χ1) is 8.74. The minimum atomic E-state index is 0.00277. The molecule has 0 bridgehead atoms. The fourth-order valence-electron chi connectivity index (χ4n) is 1.96. The van der Waals surface area contributed by atoms with E-state index in [0.29, 0.717) is 11.6 Å². The summed E-state index contributed by atoms with van der Waals surface area (Å²) < 4.78 is 1.04. The Bertz CT molecular complexity index is 599. The number of hydrogen-bond donors (Lipinski definition) is 2. The molecule has 2 N–H and O–H groups in total. The van der Waals surface area contributed by atoms with Gasteiger partial charge in [-0.25, -0.2) is 0 Å². The summed E-state index contributed by atoms with van der Waals surface area (Å²) in [5.41, 5.74) is 2.18. The summed E-state index contributed by atoms with van der Waals surface area (Å²) in [7, 11) is 0. The first kappa shape index (κ1) is 11.8. The molecule has 1 aliphatic rings. The van der Waals surface area contributed by atoms with E-state index in [4.69, 9.17) is 0 Å². The highest BCUT2D eigenvalue weighted by Crippen LogP contribution is 2.40. The molecule has 0 spiro atoms. The maximum Gasteiger partial charge on any atom is 0.235 e. The van der Waals surface area contributed by atoms with Gasteiger partial charge in [0.15, 0.2) is 0 Å². The molecule has 0 fully saturated rings. The van der Waals surface area contributed by atoms with Gasteiger partial charge in [0, 0.05) is 10.0 Å². The number of hydrogen-bond acceptors (Lipinski definition) is 3. The van der Waals surface area contributed by atoms with Crippen LogP contribution in [0.4, 0.5) is 5.82 Å². The number of amides is 1. The van der Waals surface area contributed by atoms with Crippen LogP contribution >= 0.6 is 27.7 Å². The number of anilines is 1. The van der Waals surface area contributed by atoms with Crippen LogP contribution < -0.4 is 5.32 Å². The van der Waals surface area contributed by atoms with Crippen molar-refractivity contribution in [1.82, 2.24) is 10.2 Å². The number of carbonyl (C=O) groups excluding carboxylic acids is 1. The van der Waals surface area contributed by atoms with Crippen LogP contribution in [0.5, 0.6) is 0 Å². The van der Waals surface area contributed by atoms with E-state index in [1.54, 1.807) is 18.0 Å². The third kappa shape index (κ3) is 2.18. The summed E-state index contributed by atoms with van der Waals surface area (Å²) in [5.74, 6) is 1.15. The number of carbonyl (C=O) groups is 1. The normalized spacial score (nSPS) is 18.9. The molecule has 1 aliphatic heterocycles. The van der Waals surface area contributed by atoms with Crippen LogP contribution in [0.1, 0.15) is 16.4 Å². The zero-order valence-corrected chi connectivity index (χ0v) is 11.7. The van der Waals surface area contributed by atoms with Gasteiger partial charge in [0.1, 0.15) is 5.82 Å². The van der Waals surface area contributed by atoms with Crippen LogP contribution in [0.2, 0.25) is 0 Å². The average molecular weight is 324 g/mol. The molecule has 18 heavy (non-hydrogen) atoms. The molecule has 92 valence electrons. The Kier molecular flexibility index (Phi) is 3.13. The zero-order chi connectivity index (χ0) is 12.5. The van der Waals surface area contributed by atoms with E-state index < -0.39 is 0 Å². The molecule has 1 atom stereocenters. The maximum atomic E-state index is 11.6. The monoisotopic (exact) mass is 323 g/mol. The van der Waals surface area contributed by atoms with Gasteiger partial charge in [-0.1, -0.05) is 28.1 Å². The van der Waals surface area contributed by atoms with Crippen LogP contribution in [0, 0.1) is 0 Å².